The molecule has 104 valence electrons. The second-order valence-electron chi connectivity index (χ2n) is 4.58. The minimum Gasteiger partial charge on any atom is -0.399 e. The molecule has 0 saturated carbocycles. The van der Waals surface area contributed by atoms with Crippen LogP contribution in [0.25, 0.3) is 0 Å². The van der Waals surface area contributed by atoms with Gasteiger partial charge in [0, 0.05) is 24.3 Å². The normalized spacial score (nSPS) is 10.3. The van der Waals surface area contributed by atoms with Crippen molar-refractivity contribution in [3.05, 3.63) is 65.5 Å². The van der Waals surface area contributed by atoms with E-state index >= 15 is 0 Å². The zero-order valence-corrected chi connectivity index (χ0v) is 11.3. The highest BCUT2D eigenvalue weighted by atomic mass is 19.1. The van der Waals surface area contributed by atoms with Crippen LogP contribution in [0.1, 0.15) is 22.8 Å². The predicted molar refractivity (Wildman–Crippen MR) is 77.7 cm³/mol. The van der Waals surface area contributed by atoms with Crippen LogP contribution in [0.3, 0.4) is 0 Å². The molecule has 0 aliphatic carbocycles. The highest BCUT2D eigenvalue weighted by molar-refractivity contribution is 5.95. The molecule has 0 spiro atoms. The Hall–Kier alpha value is -2.36. The SMILES string of the molecule is CCN(Cc1ccccc1)C(=O)c1cc(N)cc(F)c1. The third-order valence-corrected chi connectivity index (χ3v) is 3.05. The number of nitrogens with two attached hydrogens (primary N) is 1. The zero-order chi connectivity index (χ0) is 14.5. The van der Waals surface area contributed by atoms with Crippen molar-refractivity contribution >= 4 is 11.6 Å². The van der Waals surface area contributed by atoms with E-state index in [0.29, 0.717) is 13.1 Å². The molecule has 0 aromatic heterocycles. The predicted octanol–water partition coefficient (Wildman–Crippen LogP) is 3.07. The standard InChI is InChI=1S/C16H17FN2O/c1-2-19(11-12-6-4-3-5-7-12)16(20)13-8-14(17)10-15(18)9-13/h3-10H,2,11,18H2,1H3. The van der Waals surface area contributed by atoms with Gasteiger partial charge in [-0.15, -0.1) is 0 Å². The van der Waals surface area contributed by atoms with Gasteiger partial charge in [0.15, 0.2) is 0 Å². The molecule has 0 aliphatic heterocycles. The number of anilines is 1. The third kappa shape index (κ3) is 3.35. The molecule has 1 amide bonds. The van der Waals surface area contributed by atoms with Gasteiger partial charge in [0.25, 0.3) is 5.91 Å². The lowest BCUT2D eigenvalue weighted by molar-refractivity contribution is 0.0752. The fraction of sp³-hybridized carbons (Fsp3) is 0.188. The van der Waals surface area contributed by atoms with Gasteiger partial charge in [0.1, 0.15) is 5.82 Å². The van der Waals surface area contributed by atoms with E-state index in [0.717, 1.165) is 5.56 Å². The second kappa shape index (κ2) is 6.19. The zero-order valence-electron chi connectivity index (χ0n) is 11.3. The van der Waals surface area contributed by atoms with Gasteiger partial charge >= 0.3 is 0 Å². The minimum atomic E-state index is -0.496. The van der Waals surface area contributed by atoms with E-state index in [2.05, 4.69) is 0 Å². The Morgan fingerprint density at radius 3 is 2.50 bits per heavy atom. The van der Waals surface area contributed by atoms with Crippen LogP contribution in [0, 0.1) is 5.82 Å². The van der Waals surface area contributed by atoms with Crippen molar-refractivity contribution in [3.63, 3.8) is 0 Å². The van der Waals surface area contributed by atoms with Gasteiger partial charge in [0.05, 0.1) is 0 Å². The molecule has 0 heterocycles. The Morgan fingerprint density at radius 1 is 1.20 bits per heavy atom. The molecule has 0 unspecified atom stereocenters. The van der Waals surface area contributed by atoms with Crippen LogP contribution in [0.4, 0.5) is 10.1 Å². The van der Waals surface area contributed by atoms with Crippen LogP contribution in [0.5, 0.6) is 0 Å². The summed E-state index contributed by atoms with van der Waals surface area (Å²) in [6.07, 6.45) is 0. The number of nitrogen functional groups attached to an aromatic ring is 1. The number of rotatable bonds is 4. The first kappa shape index (κ1) is 14.1. The molecule has 0 aliphatic rings. The van der Waals surface area contributed by atoms with Crippen molar-refractivity contribution in [1.82, 2.24) is 4.90 Å². The summed E-state index contributed by atoms with van der Waals surface area (Å²) in [6, 6.07) is 13.6. The number of carbonyl (C=O) groups is 1. The molecule has 0 fully saturated rings. The van der Waals surface area contributed by atoms with Crippen LogP contribution < -0.4 is 5.73 Å². The fourth-order valence-corrected chi connectivity index (χ4v) is 2.05. The molecule has 0 bridgehead atoms. The van der Waals surface area contributed by atoms with Crippen molar-refractivity contribution in [1.29, 1.82) is 0 Å². The molecule has 3 nitrogen and oxygen atoms in total. The number of amides is 1. The summed E-state index contributed by atoms with van der Waals surface area (Å²) in [4.78, 5) is 14.0. The Labute approximate surface area is 117 Å². The van der Waals surface area contributed by atoms with E-state index in [9.17, 15) is 9.18 Å². The Bertz CT molecular complexity index is 578. The molecule has 0 atom stereocenters. The van der Waals surface area contributed by atoms with Gasteiger partial charge in [-0.05, 0) is 30.7 Å². The lowest BCUT2D eigenvalue weighted by Gasteiger charge is -2.21. The minimum absolute atomic E-state index is 0.220. The van der Waals surface area contributed by atoms with Crippen molar-refractivity contribution in [2.24, 2.45) is 0 Å². The Morgan fingerprint density at radius 2 is 1.90 bits per heavy atom. The van der Waals surface area contributed by atoms with Crippen LogP contribution in [-0.2, 0) is 6.54 Å². The highest BCUT2D eigenvalue weighted by Gasteiger charge is 2.15. The Kier molecular flexibility index (Phi) is 4.35. The lowest BCUT2D eigenvalue weighted by atomic mass is 10.1. The molecule has 0 saturated heterocycles. The van der Waals surface area contributed by atoms with Gasteiger partial charge < -0.3 is 10.6 Å². The number of halogens is 1. The van der Waals surface area contributed by atoms with E-state index in [1.807, 2.05) is 37.3 Å². The molecule has 2 rings (SSSR count). The van der Waals surface area contributed by atoms with E-state index < -0.39 is 5.82 Å². The molecule has 20 heavy (non-hydrogen) atoms. The second-order valence-corrected chi connectivity index (χ2v) is 4.58. The van der Waals surface area contributed by atoms with Gasteiger partial charge in [-0.25, -0.2) is 4.39 Å². The highest BCUT2D eigenvalue weighted by Crippen LogP contribution is 2.15. The number of hydrogen-bond donors (Lipinski definition) is 1. The number of hydrogen-bond acceptors (Lipinski definition) is 2. The van der Waals surface area contributed by atoms with Crippen molar-refractivity contribution in [2.75, 3.05) is 12.3 Å². The average molecular weight is 272 g/mol. The fourth-order valence-electron chi connectivity index (χ4n) is 2.05. The molecule has 2 aromatic rings. The van der Waals surface area contributed by atoms with Gasteiger partial charge in [-0.2, -0.15) is 0 Å². The summed E-state index contributed by atoms with van der Waals surface area (Å²) < 4.78 is 13.3. The molecule has 2 aromatic carbocycles. The van der Waals surface area contributed by atoms with E-state index in [-0.39, 0.29) is 17.2 Å². The topological polar surface area (TPSA) is 46.3 Å². The van der Waals surface area contributed by atoms with E-state index in [1.165, 1.54) is 18.2 Å². The van der Waals surface area contributed by atoms with Crippen molar-refractivity contribution < 1.29 is 9.18 Å². The van der Waals surface area contributed by atoms with E-state index in [4.69, 9.17) is 5.73 Å². The summed E-state index contributed by atoms with van der Waals surface area (Å²) in [7, 11) is 0. The molecule has 4 heteroatoms. The summed E-state index contributed by atoms with van der Waals surface area (Å²) in [5, 5.41) is 0. The third-order valence-electron chi connectivity index (χ3n) is 3.05. The lowest BCUT2D eigenvalue weighted by Crippen LogP contribution is -2.30. The number of benzene rings is 2. The average Bonchev–Trinajstić information content (AvgIpc) is 2.44. The van der Waals surface area contributed by atoms with Crippen LogP contribution in [0.2, 0.25) is 0 Å². The number of carbonyl (C=O) groups excluding carboxylic acids is 1. The van der Waals surface area contributed by atoms with Gasteiger partial charge in [-0.3, -0.25) is 4.79 Å². The van der Waals surface area contributed by atoms with E-state index in [1.54, 1.807) is 4.90 Å². The van der Waals surface area contributed by atoms with Crippen LogP contribution in [-0.4, -0.2) is 17.4 Å². The van der Waals surface area contributed by atoms with Gasteiger partial charge in [0.2, 0.25) is 0 Å². The largest absolute Gasteiger partial charge is 0.399 e. The summed E-state index contributed by atoms with van der Waals surface area (Å²) in [5.74, 6) is -0.716. The van der Waals surface area contributed by atoms with Crippen molar-refractivity contribution in [3.8, 4) is 0 Å². The number of nitrogens with zero attached hydrogens (tertiary/aromatic N) is 1. The maximum Gasteiger partial charge on any atom is 0.254 e. The first-order chi connectivity index (χ1) is 9.60. The summed E-state index contributed by atoms with van der Waals surface area (Å²) >= 11 is 0. The summed E-state index contributed by atoms with van der Waals surface area (Å²) in [5.41, 5.74) is 7.15. The van der Waals surface area contributed by atoms with Crippen molar-refractivity contribution in [2.45, 2.75) is 13.5 Å². The molecular formula is C16H17FN2O. The first-order valence-corrected chi connectivity index (χ1v) is 6.49. The van der Waals surface area contributed by atoms with Crippen LogP contribution in [0.15, 0.2) is 48.5 Å². The quantitative estimate of drug-likeness (QED) is 0.869. The van der Waals surface area contributed by atoms with Crippen LogP contribution >= 0.6 is 0 Å². The summed E-state index contributed by atoms with van der Waals surface area (Å²) in [6.45, 7) is 2.93. The molecule has 0 radical (unpaired) electrons. The van der Waals surface area contributed by atoms with Gasteiger partial charge in [-0.1, -0.05) is 30.3 Å². The Balaban J connectivity index is 2.20. The smallest absolute Gasteiger partial charge is 0.254 e. The molecular weight excluding hydrogens is 255 g/mol. The maximum absolute atomic E-state index is 13.3. The maximum atomic E-state index is 13.3. The first-order valence-electron chi connectivity index (χ1n) is 6.49. The monoisotopic (exact) mass is 272 g/mol. The molecule has 2 N–H and O–H groups in total.